The van der Waals surface area contributed by atoms with Crippen molar-refractivity contribution in [1.29, 1.82) is 0 Å². The molecule has 0 radical (unpaired) electrons. The molecular weight excluding hydrogens is 807 g/mol. The zero-order valence-electron chi connectivity index (χ0n) is 34.1. The summed E-state index contributed by atoms with van der Waals surface area (Å²) in [5.41, 5.74) is 16.4. The molecule has 2 saturated heterocycles. The van der Waals surface area contributed by atoms with Gasteiger partial charge in [0.15, 0.2) is 0 Å². The van der Waals surface area contributed by atoms with E-state index >= 15 is 0 Å². The Bertz CT molecular complexity index is 2860. The molecule has 6 heterocycles. The number of pyridine rings is 2. The number of rotatable bonds is 12. The van der Waals surface area contributed by atoms with Crippen LogP contribution in [-0.2, 0) is 14.3 Å². The summed E-state index contributed by atoms with van der Waals surface area (Å²) in [6.45, 7) is 6.65. The van der Waals surface area contributed by atoms with Crippen LogP contribution in [0.25, 0.3) is 33.1 Å². The van der Waals surface area contributed by atoms with Gasteiger partial charge in [0, 0.05) is 79.1 Å². The van der Waals surface area contributed by atoms with Gasteiger partial charge in [-0.05, 0) is 66.7 Å². The molecule has 2 aliphatic rings. The van der Waals surface area contributed by atoms with Gasteiger partial charge in [-0.15, -0.1) is 0 Å². The number of aromatic amines is 2. The second-order valence-corrected chi connectivity index (χ2v) is 14.6. The van der Waals surface area contributed by atoms with E-state index in [0.29, 0.717) is 62.6 Å². The van der Waals surface area contributed by atoms with Crippen molar-refractivity contribution in [2.45, 2.75) is 6.42 Å². The number of carbonyl (C=O) groups excluding carboxylic acids is 2. The van der Waals surface area contributed by atoms with Crippen LogP contribution in [0, 0.1) is 0 Å². The fourth-order valence-corrected chi connectivity index (χ4v) is 7.17. The van der Waals surface area contributed by atoms with E-state index in [1.807, 2.05) is 54.6 Å². The normalized spacial score (nSPS) is 13.8. The minimum absolute atomic E-state index is 0.175. The van der Waals surface area contributed by atoms with E-state index in [4.69, 9.17) is 20.9 Å². The largest absolute Gasteiger partial charge is 0.378 e. The molecule has 3 aromatic carbocycles. The summed E-state index contributed by atoms with van der Waals surface area (Å²) < 4.78 is 10.8. The first kappa shape index (κ1) is 41.8. The molecule has 9 rings (SSSR count). The van der Waals surface area contributed by atoms with E-state index in [-0.39, 0.29) is 17.5 Å². The molecule has 0 unspecified atom stereocenters. The molecule has 0 saturated carbocycles. The first-order valence-corrected chi connectivity index (χ1v) is 20.3. The Morgan fingerprint density at radius 3 is 1.71 bits per heavy atom. The summed E-state index contributed by atoms with van der Waals surface area (Å²) in [7, 11) is 0. The fraction of sp³-hybridized carbons (Fsp3) is 0.227. The number of amides is 2. The number of nitrogens with one attached hydrogen (secondary N) is 5. The van der Waals surface area contributed by atoms with Crippen molar-refractivity contribution in [2.24, 2.45) is 11.5 Å². The molecule has 0 aliphatic carbocycles. The van der Waals surface area contributed by atoms with Gasteiger partial charge in [0.25, 0.3) is 11.1 Å². The van der Waals surface area contributed by atoms with Gasteiger partial charge < -0.3 is 56.7 Å². The van der Waals surface area contributed by atoms with Crippen LogP contribution in [0.1, 0.15) is 16.8 Å². The molecular formula is C44H45N13O6. The second-order valence-electron chi connectivity index (χ2n) is 14.6. The number of anilines is 7. The summed E-state index contributed by atoms with van der Waals surface area (Å²) >= 11 is 0. The van der Waals surface area contributed by atoms with Gasteiger partial charge in [0.2, 0.25) is 11.8 Å². The molecule has 63 heavy (non-hydrogen) atoms. The molecule has 0 spiro atoms. The predicted molar refractivity (Wildman–Crippen MR) is 242 cm³/mol. The van der Waals surface area contributed by atoms with E-state index < -0.39 is 11.8 Å². The number of benzene rings is 3. The topological polar surface area (TPSA) is 264 Å². The third-order valence-electron chi connectivity index (χ3n) is 10.4. The van der Waals surface area contributed by atoms with E-state index in [2.05, 4.69) is 55.7 Å². The Hall–Kier alpha value is -7.90. The number of nitrogens with zero attached hydrogens (tertiary/aromatic N) is 6. The highest BCUT2D eigenvalue weighted by Crippen LogP contribution is 2.29. The molecule has 19 heteroatoms. The minimum atomic E-state index is -0.522. The Kier molecular flexibility index (Phi) is 12.8. The van der Waals surface area contributed by atoms with Crippen LogP contribution in [-0.4, -0.2) is 101 Å². The van der Waals surface area contributed by atoms with Crippen LogP contribution in [0.2, 0.25) is 0 Å². The van der Waals surface area contributed by atoms with E-state index in [1.54, 1.807) is 30.3 Å². The van der Waals surface area contributed by atoms with Crippen molar-refractivity contribution >= 4 is 73.8 Å². The van der Waals surface area contributed by atoms with Crippen LogP contribution in [0.3, 0.4) is 0 Å². The highest BCUT2D eigenvalue weighted by Gasteiger charge is 2.17. The van der Waals surface area contributed by atoms with Crippen LogP contribution in [0.5, 0.6) is 0 Å². The maximum absolute atomic E-state index is 12.6. The number of morpholine rings is 2. The number of fused-ring (bicyclic) bond motifs is 2. The number of hydrogen-bond acceptors (Lipinski definition) is 15. The third-order valence-corrected chi connectivity index (χ3v) is 10.4. The summed E-state index contributed by atoms with van der Waals surface area (Å²) in [5.74, 6) is 0.319. The van der Waals surface area contributed by atoms with Gasteiger partial charge >= 0.3 is 0 Å². The Morgan fingerprint density at radius 2 is 1.19 bits per heavy atom. The predicted octanol–water partition coefficient (Wildman–Crippen LogP) is 3.85. The molecule has 322 valence electrons. The second kappa shape index (κ2) is 19.2. The Labute approximate surface area is 359 Å². The molecule has 4 aromatic heterocycles. The standard InChI is InChI=1S/C24H22N6O3.C20H23N7O3/c25-22(31)16-3-1-2-15(12-16)19-13-20-21(24(32)27-14-26-20)23(29-19)28-17-4-6-18(7-5-17)30-8-10-33-11-9-30;21-16(28)5-6-22-17-11-15-18(20(29)24-12-23-15)19(26-17)25-13-1-3-14(4-2-13)27-7-9-30-10-8-27/h1-7,12-14H,8-11H2,(H2,25,31)(H,28,29)(H,26,27,32);1-4,11-12H,5-10H2,(H2,21,28)(H2,22,25,26)(H,23,24,29). The van der Waals surface area contributed by atoms with E-state index in [1.165, 1.54) is 12.7 Å². The third kappa shape index (κ3) is 10.2. The van der Waals surface area contributed by atoms with Crippen LogP contribution in [0.4, 0.5) is 40.2 Å². The zero-order valence-corrected chi connectivity index (χ0v) is 34.1. The van der Waals surface area contributed by atoms with Crippen LogP contribution < -0.4 is 48.3 Å². The van der Waals surface area contributed by atoms with Crippen molar-refractivity contribution in [2.75, 3.05) is 84.9 Å². The number of aromatic nitrogens is 6. The summed E-state index contributed by atoms with van der Waals surface area (Å²) in [6, 6.07) is 26.1. The number of carbonyl (C=O) groups is 2. The maximum Gasteiger partial charge on any atom is 0.262 e. The lowest BCUT2D eigenvalue weighted by atomic mass is 10.1. The Balaban J connectivity index is 0.000000174. The van der Waals surface area contributed by atoms with Crippen molar-refractivity contribution in [3.8, 4) is 11.3 Å². The smallest absolute Gasteiger partial charge is 0.262 e. The van der Waals surface area contributed by atoms with Crippen molar-refractivity contribution in [1.82, 2.24) is 29.9 Å². The van der Waals surface area contributed by atoms with Gasteiger partial charge in [-0.1, -0.05) is 12.1 Å². The lowest BCUT2D eigenvalue weighted by molar-refractivity contribution is -0.117. The number of ether oxygens (including phenoxy) is 2. The lowest BCUT2D eigenvalue weighted by Gasteiger charge is -2.28. The zero-order chi connectivity index (χ0) is 43.7. The summed E-state index contributed by atoms with van der Waals surface area (Å²) in [6.07, 6.45) is 2.88. The SMILES string of the molecule is NC(=O)CCNc1cc2nc[nH]c(=O)c2c(Nc2ccc(N3CCOCC3)cc2)n1.NC(=O)c1cccc(-c2cc3nc[nH]c(=O)c3c(Nc3ccc(N4CCOCC4)cc3)n2)c1. The first-order valence-electron chi connectivity index (χ1n) is 20.3. The number of nitrogens with two attached hydrogens (primary N) is 2. The minimum Gasteiger partial charge on any atom is -0.378 e. The fourth-order valence-electron chi connectivity index (χ4n) is 7.17. The molecule has 0 atom stereocenters. The first-order chi connectivity index (χ1) is 30.7. The molecule has 7 aromatic rings. The number of hydrogen-bond donors (Lipinski definition) is 7. The lowest BCUT2D eigenvalue weighted by Crippen LogP contribution is -2.36. The quantitative estimate of drug-likeness (QED) is 0.0921. The van der Waals surface area contributed by atoms with E-state index in [9.17, 15) is 19.2 Å². The monoisotopic (exact) mass is 851 g/mol. The average Bonchev–Trinajstić information content (AvgIpc) is 3.30. The highest BCUT2D eigenvalue weighted by atomic mass is 16.5. The van der Waals surface area contributed by atoms with E-state index in [0.717, 1.165) is 75.4 Å². The van der Waals surface area contributed by atoms with Crippen LogP contribution in [0.15, 0.2) is 107 Å². The summed E-state index contributed by atoms with van der Waals surface area (Å²) in [5, 5.41) is 10.2. The molecule has 9 N–H and O–H groups in total. The van der Waals surface area contributed by atoms with Crippen molar-refractivity contribution in [3.05, 3.63) is 124 Å². The van der Waals surface area contributed by atoms with Gasteiger partial charge in [0.05, 0.1) is 55.8 Å². The molecule has 2 aliphatic heterocycles. The molecule has 2 fully saturated rings. The molecule has 0 bridgehead atoms. The van der Waals surface area contributed by atoms with Gasteiger partial charge in [-0.2, -0.15) is 0 Å². The number of primary amides is 2. The molecule has 2 amide bonds. The maximum atomic E-state index is 12.6. The summed E-state index contributed by atoms with van der Waals surface area (Å²) in [4.78, 5) is 75.0. The van der Waals surface area contributed by atoms with Crippen molar-refractivity contribution in [3.63, 3.8) is 0 Å². The van der Waals surface area contributed by atoms with Gasteiger partial charge in [-0.25, -0.2) is 19.9 Å². The average molecular weight is 852 g/mol. The van der Waals surface area contributed by atoms with Crippen LogP contribution >= 0.6 is 0 Å². The van der Waals surface area contributed by atoms with Crippen molar-refractivity contribution < 1.29 is 19.1 Å². The number of H-pyrrole nitrogens is 2. The highest BCUT2D eigenvalue weighted by molar-refractivity contribution is 5.96. The van der Waals surface area contributed by atoms with Gasteiger partial charge in [0.1, 0.15) is 28.2 Å². The molecule has 19 nitrogen and oxygen atoms in total. The van der Waals surface area contributed by atoms with Gasteiger partial charge in [-0.3, -0.25) is 19.2 Å². The Morgan fingerprint density at radius 1 is 0.667 bits per heavy atom.